The molecule has 1 radical (unpaired) electrons. The number of nitrogens with zero attached hydrogens (tertiary/aromatic N) is 6. The molecule has 0 spiro atoms. The fourth-order valence-corrected chi connectivity index (χ4v) is 8.30. The second-order valence-corrected chi connectivity index (χ2v) is 15.4. The van der Waals surface area contributed by atoms with Gasteiger partial charge >= 0.3 is 0 Å². The van der Waals surface area contributed by atoms with Gasteiger partial charge in [-0.25, -0.2) is 0 Å². The van der Waals surface area contributed by atoms with Gasteiger partial charge in [-0.3, -0.25) is 15.0 Å². The van der Waals surface area contributed by atoms with Crippen LogP contribution in [0.25, 0.3) is 51.2 Å². The molecule has 0 saturated carbocycles. The summed E-state index contributed by atoms with van der Waals surface area (Å²) in [6.45, 7) is 19.3. The van der Waals surface area contributed by atoms with E-state index in [1.165, 1.54) is 67.1 Å². The fraction of sp³-hybridized carbons (Fsp3) is 0.167. The van der Waals surface area contributed by atoms with Crippen molar-refractivity contribution in [2.24, 2.45) is 0 Å². The quantitative estimate of drug-likeness (QED) is 0.123. The third-order valence-electron chi connectivity index (χ3n) is 10.4. The van der Waals surface area contributed by atoms with Gasteiger partial charge in [0.25, 0.3) is 0 Å². The van der Waals surface area contributed by atoms with E-state index in [0.29, 0.717) is 0 Å². The summed E-state index contributed by atoms with van der Waals surface area (Å²) in [5, 5.41) is 0. The molecule has 3 heterocycles. The van der Waals surface area contributed by atoms with Gasteiger partial charge in [-0.2, -0.15) is 0 Å². The number of hydrogen-bond donors (Lipinski definition) is 0. The molecule has 309 valence electrons. The minimum atomic E-state index is 0. The van der Waals surface area contributed by atoms with Crippen LogP contribution in [-0.2, 0) is 20.1 Å². The Morgan fingerprint density at radius 3 is 1.25 bits per heavy atom. The van der Waals surface area contributed by atoms with Crippen molar-refractivity contribution >= 4 is 0 Å². The summed E-state index contributed by atoms with van der Waals surface area (Å²) >= 11 is 0. The maximum atomic E-state index is 4.50. The van der Waals surface area contributed by atoms with Gasteiger partial charge in [0.2, 0.25) is 0 Å². The molecule has 0 aliphatic carbocycles. The van der Waals surface area contributed by atoms with Crippen LogP contribution in [0.2, 0.25) is 0 Å². The first kappa shape index (κ1) is 44.2. The molecule has 0 unspecified atom stereocenters. The topological polar surface area (TPSA) is 53.6 Å². The first-order valence-corrected chi connectivity index (χ1v) is 20.3. The van der Waals surface area contributed by atoms with E-state index in [0.717, 1.165) is 34.2 Å². The molecule has 6 nitrogen and oxygen atoms in total. The number of hydrogen-bond acceptors (Lipinski definition) is 2. The number of aryl methyl sites for hydroxylation is 9. The van der Waals surface area contributed by atoms with Crippen molar-refractivity contribution in [3.8, 4) is 51.2 Å². The molecule has 6 aromatic carbocycles. The van der Waals surface area contributed by atoms with Gasteiger partial charge in [0.05, 0.1) is 17.5 Å². The summed E-state index contributed by atoms with van der Waals surface area (Å²) in [4.78, 5) is 13.5. The molecule has 0 amide bonds. The van der Waals surface area contributed by atoms with Gasteiger partial charge in [0, 0.05) is 74.3 Å². The van der Waals surface area contributed by atoms with E-state index >= 15 is 0 Å². The van der Waals surface area contributed by atoms with Crippen molar-refractivity contribution in [3.05, 3.63) is 215 Å². The summed E-state index contributed by atoms with van der Waals surface area (Å²) < 4.78 is 6.45. The van der Waals surface area contributed by atoms with Crippen molar-refractivity contribution in [1.82, 2.24) is 24.1 Å². The molecular weight excluding hydrogens is 925 g/mol. The molecule has 61 heavy (non-hydrogen) atoms. The van der Waals surface area contributed by atoms with Crippen molar-refractivity contribution in [2.75, 3.05) is 0 Å². The molecule has 7 heteroatoms. The van der Waals surface area contributed by atoms with Crippen LogP contribution < -0.4 is 9.55 Å². The Balaban J connectivity index is 0.000000152. The van der Waals surface area contributed by atoms with Gasteiger partial charge in [-0.05, 0) is 95.7 Å². The third-order valence-corrected chi connectivity index (χ3v) is 10.4. The van der Waals surface area contributed by atoms with Crippen molar-refractivity contribution in [1.29, 1.82) is 0 Å². The van der Waals surface area contributed by atoms with Crippen LogP contribution in [0.1, 0.15) is 50.1 Å². The zero-order valence-corrected chi connectivity index (χ0v) is 38.8. The smallest absolute Gasteiger partial charge is 0.0602 e. The molecule has 9 aromatic rings. The Kier molecular flexibility index (Phi) is 14.3. The van der Waals surface area contributed by atoms with E-state index in [9.17, 15) is 0 Å². The van der Waals surface area contributed by atoms with E-state index in [4.69, 9.17) is 0 Å². The summed E-state index contributed by atoms with van der Waals surface area (Å²) in [7, 11) is 0. The minimum absolute atomic E-state index is 0. The average molecular weight is 976 g/mol. The van der Waals surface area contributed by atoms with Crippen LogP contribution in [0, 0.1) is 80.5 Å². The van der Waals surface area contributed by atoms with Gasteiger partial charge in [0.1, 0.15) is 0 Å². The third kappa shape index (κ3) is 9.98. The maximum Gasteiger partial charge on any atom is 0.0602 e. The Morgan fingerprint density at radius 1 is 0.492 bits per heavy atom. The number of aromatic nitrogens is 6. The van der Waals surface area contributed by atoms with E-state index in [1.807, 2.05) is 110 Å². The van der Waals surface area contributed by atoms with Crippen LogP contribution in [0.4, 0.5) is 0 Å². The van der Waals surface area contributed by atoms with Crippen LogP contribution >= 0.6 is 0 Å². The van der Waals surface area contributed by atoms with Crippen LogP contribution in [-0.4, -0.2) is 19.1 Å². The van der Waals surface area contributed by atoms with Crippen molar-refractivity contribution in [2.45, 2.75) is 62.3 Å². The van der Waals surface area contributed by atoms with Crippen molar-refractivity contribution < 1.29 is 24.7 Å². The van der Waals surface area contributed by atoms with Gasteiger partial charge < -0.3 is 13.7 Å². The summed E-state index contributed by atoms with van der Waals surface area (Å²) in [6.07, 6.45) is 11.6. The van der Waals surface area contributed by atoms with Gasteiger partial charge in [-0.1, -0.05) is 53.1 Å². The zero-order chi connectivity index (χ0) is 42.3. The standard InChI is InChI=1S/3C18H17N2.Ir/c3*1-13-11-14(2)17(15(3)12-13)20-10-9-19-18(20)16-7-5-4-6-8-16;/h3*4-7,9-12H,1-3H3;/q3*-1;. The molecule has 0 atom stereocenters. The van der Waals surface area contributed by atoms with Crippen LogP contribution in [0.15, 0.2) is 146 Å². The largest absolute Gasteiger partial charge is 0.340 e. The molecule has 0 saturated heterocycles. The Hall–Kier alpha value is -6.40. The zero-order valence-electron chi connectivity index (χ0n) is 36.4. The predicted molar refractivity (Wildman–Crippen MR) is 244 cm³/mol. The second kappa shape index (κ2) is 19.8. The van der Waals surface area contributed by atoms with E-state index < -0.39 is 0 Å². The summed E-state index contributed by atoms with van der Waals surface area (Å²) in [5.74, 6) is 2.79. The van der Waals surface area contributed by atoms with E-state index in [2.05, 4.69) is 146 Å². The Morgan fingerprint density at radius 2 is 0.869 bits per heavy atom. The Bertz CT molecular complexity index is 2470. The molecule has 0 bridgehead atoms. The molecular formula is C54H51IrN6-3. The summed E-state index contributed by atoms with van der Waals surface area (Å²) in [5.41, 5.74) is 18.1. The van der Waals surface area contributed by atoms with Crippen molar-refractivity contribution in [3.63, 3.8) is 0 Å². The van der Waals surface area contributed by atoms with Crippen LogP contribution in [0.3, 0.4) is 0 Å². The molecule has 0 aliphatic rings. The number of rotatable bonds is 6. The SMILES string of the molecule is Cc1cc(C)c(-[n+]2cc[n-]c2-c2[c-]cccc2)c(C)c1.Cc1cc(C)c(-n2ccnc2-c2[c-]cccc2)c(C)c1.Cc1cc(C)c(-n2ccnc2-c2[c-]cccc2)c(C)c1.[Ir]. The first-order valence-electron chi connectivity index (χ1n) is 20.3. The Labute approximate surface area is 375 Å². The summed E-state index contributed by atoms with van der Waals surface area (Å²) in [6, 6.07) is 46.8. The number of benzene rings is 6. The first-order chi connectivity index (χ1) is 29.0. The second-order valence-electron chi connectivity index (χ2n) is 15.4. The van der Waals surface area contributed by atoms with Gasteiger partial charge in [0.15, 0.2) is 0 Å². The predicted octanol–water partition coefficient (Wildman–Crippen LogP) is 11.8. The molecule has 0 N–H and O–H groups in total. The molecule has 0 aliphatic heterocycles. The normalized spacial score (nSPS) is 10.6. The number of imidazole rings is 3. The van der Waals surface area contributed by atoms with E-state index in [-0.39, 0.29) is 20.1 Å². The molecule has 9 rings (SSSR count). The average Bonchev–Trinajstić information content (AvgIpc) is 4.01. The monoisotopic (exact) mass is 976 g/mol. The molecule has 0 fully saturated rings. The van der Waals surface area contributed by atoms with E-state index in [1.54, 1.807) is 0 Å². The fourth-order valence-electron chi connectivity index (χ4n) is 8.30. The maximum absolute atomic E-state index is 4.50. The molecule has 3 aromatic heterocycles. The minimum Gasteiger partial charge on any atom is -0.340 e. The van der Waals surface area contributed by atoms with Gasteiger partial charge in [-0.15, -0.1) is 108 Å². The van der Waals surface area contributed by atoms with Crippen LogP contribution in [0.5, 0.6) is 0 Å².